The Morgan fingerprint density at radius 1 is 1.06 bits per heavy atom. The SMILES string of the molecule is CCCCn1c(SCc2nnnn2CCC)nc2cc(S(=O)(=O)N(CC)CC)ccc21. The van der Waals surface area contributed by atoms with Gasteiger partial charge in [-0.1, -0.05) is 45.9 Å². The molecule has 0 unspecified atom stereocenters. The van der Waals surface area contributed by atoms with Gasteiger partial charge in [-0.15, -0.1) is 5.10 Å². The van der Waals surface area contributed by atoms with E-state index in [1.165, 1.54) is 4.31 Å². The average molecular weight is 466 g/mol. The van der Waals surface area contributed by atoms with Crippen molar-refractivity contribution in [2.24, 2.45) is 0 Å². The van der Waals surface area contributed by atoms with E-state index in [4.69, 9.17) is 4.98 Å². The number of thioether (sulfide) groups is 1. The van der Waals surface area contributed by atoms with Crippen LogP contribution in [0.4, 0.5) is 0 Å². The van der Waals surface area contributed by atoms with Crippen LogP contribution in [-0.4, -0.2) is 55.6 Å². The van der Waals surface area contributed by atoms with Gasteiger partial charge in [-0.2, -0.15) is 4.31 Å². The van der Waals surface area contributed by atoms with Gasteiger partial charge in [-0.05, 0) is 41.5 Å². The van der Waals surface area contributed by atoms with Gasteiger partial charge in [0, 0.05) is 26.2 Å². The third kappa shape index (κ3) is 5.09. The lowest BCUT2D eigenvalue weighted by Crippen LogP contribution is -2.30. The molecule has 2 aromatic heterocycles. The maximum absolute atomic E-state index is 12.9. The Morgan fingerprint density at radius 2 is 1.84 bits per heavy atom. The molecular formula is C20H31N7O2S2. The van der Waals surface area contributed by atoms with Crippen LogP contribution in [0.3, 0.4) is 0 Å². The molecule has 0 aliphatic heterocycles. The number of imidazole rings is 1. The first-order chi connectivity index (χ1) is 15.0. The van der Waals surface area contributed by atoms with E-state index in [1.54, 1.807) is 23.9 Å². The molecule has 0 saturated carbocycles. The van der Waals surface area contributed by atoms with Gasteiger partial charge in [0.1, 0.15) is 0 Å². The summed E-state index contributed by atoms with van der Waals surface area (Å²) in [5.41, 5.74) is 1.64. The molecule has 3 aromatic rings. The summed E-state index contributed by atoms with van der Waals surface area (Å²) in [5.74, 6) is 1.42. The van der Waals surface area contributed by atoms with E-state index < -0.39 is 10.0 Å². The number of tetrazole rings is 1. The van der Waals surface area contributed by atoms with Crippen molar-refractivity contribution in [3.05, 3.63) is 24.0 Å². The fourth-order valence-corrected chi connectivity index (χ4v) is 5.90. The van der Waals surface area contributed by atoms with Gasteiger partial charge in [0.15, 0.2) is 11.0 Å². The predicted molar refractivity (Wildman–Crippen MR) is 122 cm³/mol. The van der Waals surface area contributed by atoms with Gasteiger partial charge in [0.2, 0.25) is 10.0 Å². The topological polar surface area (TPSA) is 98.8 Å². The third-order valence-electron chi connectivity index (χ3n) is 5.13. The number of aryl methyl sites for hydroxylation is 2. The Balaban J connectivity index is 1.95. The number of rotatable bonds is 12. The van der Waals surface area contributed by atoms with Crippen LogP contribution in [-0.2, 0) is 28.9 Å². The van der Waals surface area contributed by atoms with E-state index in [0.717, 1.165) is 48.8 Å². The lowest BCUT2D eigenvalue weighted by atomic mass is 10.3. The Labute approximate surface area is 188 Å². The highest BCUT2D eigenvalue weighted by molar-refractivity contribution is 7.98. The quantitative estimate of drug-likeness (QED) is 0.377. The van der Waals surface area contributed by atoms with Crippen LogP contribution in [0.2, 0.25) is 0 Å². The molecule has 170 valence electrons. The van der Waals surface area contributed by atoms with Crippen LogP contribution in [0.1, 0.15) is 52.8 Å². The third-order valence-corrected chi connectivity index (χ3v) is 8.15. The second kappa shape index (κ2) is 10.6. The molecule has 0 aliphatic rings. The van der Waals surface area contributed by atoms with Gasteiger partial charge in [-0.3, -0.25) is 0 Å². The van der Waals surface area contributed by atoms with Gasteiger partial charge < -0.3 is 4.57 Å². The Morgan fingerprint density at radius 3 is 2.52 bits per heavy atom. The number of fused-ring (bicyclic) bond motifs is 1. The molecule has 9 nitrogen and oxygen atoms in total. The first kappa shape index (κ1) is 23.7. The summed E-state index contributed by atoms with van der Waals surface area (Å²) in [6, 6.07) is 5.26. The number of hydrogen-bond acceptors (Lipinski definition) is 7. The zero-order chi connectivity index (χ0) is 22.4. The molecule has 0 atom stereocenters. The maximum Gasteiger partial charge on any atom is 0.243 e. The smallest absolute Gasteiger partial charge is 0.243 e. The van der Waals surface area contributed by atoms with E-state index in [2.05, 4.69) is 33.9 Å². The van der Waals surface area contributed by atoms with Crippen LogP contribution in [0.25, 0.3) is 11.0 Å². The Kier molecular flexibility index (Phi) is 8.06. The molecule has 2 heterocycles. The average Bonchev–Trinajstić information content (AvgIpc) is 3.34. The monoisotopic (exact) mass is 465 g/mol. The molecular weight excluding hydrogens is 434 g/mol. The van der Waals surface area contributed by atoms with Crippen molar-refractivity contribution in [3.8, 4) is 0 Å². The minimum absolute atomic E-state index is 0.285. The van der Waals surface area contributed by atoms with E-state index in [-0.39, 0.29) is 4.90 Å². The minimum atomic E-state index is -3.53. The molecule has 0 N–H and O–H groups in total. The second-order valence-corrected chi connectivity index (χ2v) is 10.1. The first-order valence-corrected chi connectivity index (χ1v) is 13.3. The van der Waals surface area contributed by atoms with Crippen molar-refractivity contribution in [1.82, 2.24) is 34.1 Å². The number of unbranched alkanes of at least 4 members (excludes halogenated alkanes) is 1. The van der Waals surface area contributed by atoms with Crippen LogP contribution in [0, 0.1) is 0 Å². The predicted octanol–water partition coefficient (Wildman–Crippen LogP) is 3.56. The normalized spacial score (nSPS) is 12.3. The summed E-state index contributed by atoms with van der Waals surface area (Å²) in [5, 5.41) is 12.8. The lowest BCUT2D eigenvalue weighted by molar-refractivity contribution is 0.445. The van der Waals surface area contributed by atoms with Gasteiger partial charge >= 0.3 is 0 Å². The molecule has 31 heavy (non-hydrogen) atoms. The summed E-state index contributed by atoms with van der Waals surface area (Å²) >= 11 is 1.58. The largest absolute Gasteiger partial charge is 0.319 e. The van der Waals surface area contributed by atoms with Crippen molar-refractivity contribution < 1.29 is 8.42 Å². The van der Waals surface area contributed by atoms with Crippen LogP contribution >= 0.6 is 11.8 Å². The number of aromatic nitrogens is 6. The highest BCUT2D eigenvalue weighted by Gasteiger charge is 2.23. The molecule has 0 amide bonds. The Bertz CT molecular complexity index is 1100. The summed E-state index contributed by atoms with van der Waals surface area (Å²) in [4.78, 5) is 5.08. The molecule has 0 spiro atoms. The fraction of sp³-hybridized carbons (Fsp3) is 0.600. The molecule has 3 rings (SSSR count). The van der Waals surface area contributed by atoms with Crippen LogP contribution in [0.15, 0.2) is 28.3 Å². The van der Waals surface area contributed by atoms with Crippen molar-refractivity contribution in [1.29, 1.82) is 0 Å². The van der Waals surface area contributed by atoms with E-state index in [0.29, 0.717) is 24.4 Å². The number of nitrogens with zero attached hydrogens (tertiary/aromatic N) is 7. The summed E-state index contributed by atoms with van der Waals surface area (Å²) < 4.78 is 31.3. The van der Waals surface area contributed by atoms with Crippen molar-refractivity contribution in [2.45, 2.75) is 75.9 Å². The highest BCUT2D eigenvalue weighted by Crippen LogP contribution is 2.29. The number of benzene rings is 1. The van der Waals surface area contributed by atoms with E-state index in [1.807, 2.05) is 24.6 Å². The molecule has 0 bridgehead atoms. The first-order valence-electron chi connectivity index (χ1n) is 10.8. The molecule has 0 aliphatic carbocycles. The standard InChI is InChI=1S/C20H31N7O2S2/c1-5-9-13-26-18-11-10-16(31(28,29)25(7-3)8-4)14-17(18)21-20(26)30-15-19-22-23-24-27(19)12-6-2/h10-11,14H,5-9,12-13,15H2,1-4H3. The molecule has 0 fully saturated rings. The molecule has 1 aromatic carbocycles. The van der Waals surface area contributed by atoms with Crippen molar-refractivity contribution in [2.75, 3.05) is 13.1 Å². The molecule has 0 saturated heterocycles. The second-order valence-electron chi connectivity index (χ2n) is 7.25. The van der Waals surface area contributed by atoms with Crippen LogP contribution in [0.5, 0.6) is 0 Å². The summed E-state index contributed by atoms with van der Waals surface area (Å²) in [7, 11) is -3.53. The van der Waals surface area contributed by atoms with Crippen LogP contribution < -0.4 is 0 Å². The van der Waals surface area contributed by atoms with E-state index >= 15 is 0 Å². The Hall–Kier alpha value is -1.98. The highest BCUT2D eigenvalue weighted by atomic mass is 32.2. The van der Waals surface area contributed by atoms with Crippen molar-refractivity contribution >= 4 is 32.8 Å². The van der Waals surface area contributed by atoms with Gasteiger partial charge in [-0.25, -0.2) is 18.1 Å². The van der Waals surface area contributed by atoms with Crippen molar-refractivity contribution in [3.63, 3.8) is 0 Å². The van der Waals surface area contributed by atoms with Gasteiger partial charge in [0.05, 0.1) is 21.7 Å². The lowest BCUT2D eigenvalue weighted by Gasteiger charge is -2.18. The minimum Gasteiger partial charge on any atom is -0.319 e. The maximum atomic E-state index is 12.9. The number of hydrogen-bond donors (Lipinski definition) is 0. The van der Waals surface area contributed by atoms with Gasteiger partial charge in [0.25, 0.3) is 0 Å². The zero-order valence-corrected chi connectivity index (χ0v) is 20.3. The van der Waals surface area contributed by atoms with E-state index in [9.17, 15) is 8.42 Å². The zero-order valence-electron chi connectivity index (χ0n) is 18.7. The fourth-order valence-electron chi connectivity index (χ4n) is 3.44. The summed E-state index contributed by atoms with van der Waals surface area (Å²) in [6.45, 7) is 10.4. The number of sulfonamides is 1. The molecule has 0 radical (unpaired) electrons. The summed E-state index contributed by atoms with van der Waals surface area (Å²) in [6.07, 6.45) is 3.04. The molecule has 11 heteroatoms.